The number of ether oxygens (including phenoxy) is 2. The highest BCUT2D eigenvalue weighted by Gasteiger charge is 2.39. The van der Waals surface area contributed by atoms with Crippen molar-refractivity contribution in [1.82, 2.24) is 10.2 Å². The number of carbonyl (C=O) groups is 1. The molecular weight excluding hydrogens is 322 g/mol. The first-order chi connectivity index (χ1) is 12.2. The molecule has 2 heterocycles. The molecule has 1 aliphatic carbocycles. The summed E-state index contributed by atoms with van der Waals surface area (Å²) < 4.78 is 11.0. The molecule has 1 atom stereocenters. The van der Waals surface area contributed by atoms with E-state index in [2.05, 4.69) is 15.5 Å². The van der Waals surface area contributed by atoms with Crippen LogP contribution >= 0.6 is 0 Å². The number of aromatic amines is 2. The van der Waals surface area contributed by atoms with Crippen molar-refractivity contribution in [3.8, 4) is 11.5 Å². The van der Waals surface area contributed by atoms with Crippen LogP contribution in [-0.4, -0.2) is 30.2 Å². The number of hydrogen-bond donors (Lipinski definition) is 3. The average molecular weight is 341 g/mol. The van der Waals surface area contributed by atoms with Gasteiger partial charge >= 0.3 is 0 Å². The molecule has 4 rings (SSSR count). The van der Waals surface area contributed by atoms with Gasteiger partial charge in [0.05, 0.1) is 25.7 Å². The van der Waals surface area contributed by atoms with Gasteiger partial charge in [0.1, 0.15) is 5.82 Å². The molecule has 7 nitrogen and oxygen atoms in total. The Morgan fingerprint density at radius 3 is 2.68 bits per heavy atom. The van der Waals surface area contributed by atoms with Gasteiger partial charge < -0.3 is 14.8 Å². The van der Waals surface area contributed by atoms with Crippen LogP contribution in [0.25, 0.3) is 0 Å². The maximum Gasteiger partial charge on any atom is 0.270 e. The first-order valence-electron chi connectivity index (χ1n) is 8.20. The topological polar surface area (TPSA) is 96.2 Å². The van der Waals surface area contributed by atoms with Crippen molar-refractivity contribution in [2.75, 3.05) is 19.5 Å². The molecule has 0 unspecified atom stereocenters. The lowest BCUT2D eigenvalue weighted by Crippen LogP contribution is -2.29. The van der Waals surface area contributed by atoms with E-state index >= 15 is 0 Å². The van der Waals surface area contributed by atoms with Crippen molar-refractivity contribution in [1.29, 1.82) is 0 Å². The highest BCUT2D eigenvalue weighted by atomic mass is 16.5. The first kappa shape index (κ1) is 15.6. The number of carbonyl (C=O) groups excluding carboxylic acids is 1. The second-order valence-electron chi connectivity index (χ2n) is 6.18. The van der Waals surface area contributed by atoms with Gasteiger partial charge in [0.25, 0.3) is 5.56 Å². The van der Waals surface area contributed by atoms with E-state index in [1.807, 2.05) is 12.1 Å². The first-order valence-corrected chi connectivity index (χ1v) is 8.20. The van der Waals surface area contributed by atoms with Crippen molar-refractivity contribution >= 4 is 11.6 Å². The molecule has 0 fully saturated rings. The normalized spacial score (nSPS) is 19.1. The molecule has 0 spiro atoms. The number of rotatable bonds is 3. The second kappa shape index (κ2) is 5.84. The number of fused-ring (bicyclic) bond motifs is 1. The van der Waals surface area contributed by atoms with Gasteiger partial charge in [-0.1, -0.05) is 12.1 Å². The van der Waals surface area contributed by atoms with Gasteiger partial charge in [0, 0.05) is 23.3 Å². The number of Topliss-reactive ketones (excluding diaryl/α,β-unsaturated/α-hetero) is 1. The third-order valence-electron chi connectivity index (χ3n) is 4.87. The molecule has 0 saturated heterocycles. The molecule has 2 aliphatic rings. The molecule has 130 valence electrons. The number of nitrogens with one attached hydrogen (secondary N) is 3. The van der Waals surface area contributed by atoms with E-state index in [1.54, 1.807) is 20.3 Å². The summed E-state index contributed by atoms with van der Waals surface area (Å²) in [4.78, 5) is 25.2. The van der Waals surface area contributed by atoms with E-state index in [-0.39, 0.29) is 11.3 Å². The lowest BCUT2D eigenvalue weighted by atomic mass is 9.76. The Labute approximate surface area is 144 Å². The second-order valence-corrected chi connectivity index (χ2v) is 6.18. The van der Waals surface area contributed by atoms with Crippen LogP contribution in [-0.2, 0) is 4.79 Å². The van der Waals surface area contributed by atoms with E-state index in [0.29, 0.717) is 34.9 Å². The van der Waals surface area contributed by atoms with Crippen molar-refractivity contribution < 1.29 is 14.3 Å². The van der Waals surface area contributed by atoms with Crippen molar-refractivity contribution in [3.63, 3.8) is 0 Å². The third kappa shape index (κ3) is 2.26. The molecule has 1 aliphatic heterocycles. The predicted molar refractivity (Wildman–Crippen MR) is 92.3 cm³/mol. The van der Waals surface area contributed by atoms with Crippen LogP contribution in [0.3, 0.4) is 0 Å². The summed E-state index contributed by atoms with van der Waals surface area (Å²) in [6.07, 6.45) is 2.06. The number of aromatic nitrogens is 2. The zero-order chi connectivity index (χ0) is 17.6. The van der Waals surface area contributed by atoms with Crippen LogP contribution < -0.4 is 20.3 Å². The molecule has 3 N–H and O–H groups in total. The zero-order valence-corrected chi connectivity index (χ0v) is 14.1. The van der Waals surface area contributed by atoms with Gasteiger partial charge in [-0.05, 0) is 18.9 Å². The lowest BCUT2D eigenvalue weighted by molar-refractivity contribution is -0.116. The monoisotopic (exact) mass is 341 g/mol. The van der Waals surface area contributed by atoms with Crippen LogP contribution in [0.4, 0.5) is 5.82 Å². The van der Waals surface area contributed by atoms with E-state index < -0.39 is 5.92 Å². The summed E-state index contributed by atoms with van der Waals surface area (Å²) in [7, 11) is 3.12. The minimum atomic E-state index is -0.487. The van der Waals surface area contributed by atoms with Crippen LogP contribution in [0.2, 0.25) is 0 Å². The lowest BCUT2D eigenvalue weighted by Gasteiger charge is -2.32. The summed E-state index contributed by atoms with van der Waals surface area (Å²) in [5.41, 5.74) is 2.52. The van der Waals surface area contributed by atoms with E-state index in [1.165, 1.54) is 0 Å². The summed E-state index contributed by atoms with van der Waals surface area (Å²) >= 11 is 0. The fourth-order valence-corrected chi connectivity index (χ4v) is 3.82. The van der Waals surface area contributed by atoms with E-state index in [9.17, 15) is 9.59 Å². The summed E-state index contributed by atoms with van der Waals surface area (Å²) in [6.45, 7) is 0. The minimum Gasteiger partial charge on any atom is -0.493 e. The fraction of sp³-hybridized carbons (Fsp3) is 0.333. The Morgan fingerprint density at radius 1 is 1.08 bits per heavy atom. The van der Waals surface area contributed by atoms with Gasteiger partial charge in [0.15, 0.2) is 17.3 Å². The largest absolute Gasteiger partial charge is 0.493 e. The molecular formula is C18H19N3O4. The summed E-state index contributed by atoms with van der Waals surface area (Å²) in [5.74, 6) is 1.29. The fourth-order valence-electron chi connectivity index (χ4n) is 3.82. The quantitative estimate of drug-likeness (QED) is 0.796. The zero-order valence-electron chi connectivity index (χ0n) is 14.1. The Kier molecular flexibility index (Phi) is 3.63. The van der Waals surface area contributed by atoms with Gasteiger partial charge in [-0.15, -0.1) is 0 Å². The summed E-state index contributed by atoms with van der Waals surface area (Å²) in [6, 6.07) is 5.51. The highest BCUT2D eigenvalue weighted by Crippen LogP contribution is 2.47. The molecule has 0 amide bonds. The number of ketones is 1. The SMILES string of the molecule is COc1cccc([C@H]2C3=C(CCCC3=O)Nc3[nH][nH]c(=O)c32)c1OC. The molecule has 25 heavy (non-hydrogen) atoms. The molecule has 0 radical (unpaired) electrons. The van der Waals surface area contributed by atoms with Crippen molar-refractivity contribution in [3.05, 3.63) is 50.9 Å². The Morgan fingerprint density at radius 2 is 1.92 bits per heavy atom. The van der Waals surface area contributed by atoms with Gasteiger partial charge in [-0.3, -0.25) is 19.8 Å². The Balaban J connectivity index is 2.01. The van der Waals surface area contributed by atoms with Crippen molar-refractivity contribution in [2.45, 2.75) is 25.2 Å². The number of hydrogen-bond acceptors (Lipinski definition) is 5. The molecule has 0 bridgehead atoms. The van der Waals surface area contributed by atoms with Gasteiger partial charge in [-0.2, -0.15) is 0 Å². The highest BCUT2D eigenvalue weighted by molar-refractivity contribution is 6.01. The number of allylic oxidation sites excluding steroid dienone is 2. The smallest absolute Gasteiger partial charge is 0.270 e. The number of benzene rings is 1. The number of methoxy groups -OCH3 is 2. The van der Waals surface area contributed by atoms with Gasteiger partial charge in [-0.25, -0.2) is 0 Å². The van der Waals surface area contributed by atoms with Gasteiger partial charge in [0.2, 0.25) is 0 Å². The summed E-state index contributed by atoms with van der Waals surface area (Å²) in [5, 5.41) is 8.71. The molecule has 2 aromatic rings. The maximum absolute atomic E-state index is 12.7. The number of anilines is 1. The Hall–Kier alpha value is -2.96. The minimum absolute atomic E-state index is 0.0647. The third-order valence-corrected chi connectivity index (χ3v) is 4.87. The number of para-hydroxylation sites is 1. The molecule has 1 aromatic heterocycles. The van der Waals surface area contributed by atoms with Crippen LogP contribution in [0.5, 0.6) is 11.5 Å². The molecule has 1 aromatic carbocycles. The maximum atomic E-state index is 12.7. The predicted octanol–water partition coefficient (Wildman–Crippen LogP) is 2.28. The van der Waals surface area contributed by atoms with Crippen LogP contribution in [0, 0.1) is 0 Å². The van der Waals surface area contributed by atoms with E-state index in [4.69, 9.17) is 9.47 Å². The molecule has 0 saturated carbocycles. The van der Waals surface area contributed by atoms with Crippen LogP contribution in [0.1, 0.15) is 36.3 Å². The molecule has 7 heteroatoms. The van der Waals surface area contributed by atoms with Crippen molar-refractivity contribution in [2.24, 2.45) is 0 Å². The standard InChI is InChI=1S/C18H19N3O4/c1-24-12-8-3-5-9(16(12)25-2)13-14-10(6-4-7-11(14)22)19-17-15(13)18(23)21-20-17/h3,5,8,13H,4,6-7H2,1-2H3,(H3,19,20,21,23)/t13-/m0/s1. The number of H-pyrrole nitrogens is 2. The van der Waals surface area contributed by atoms with Crippen LogP contribution in [0.15, 0.2) is 34.3 Å². The average Bonchev–Trinajstić information content (AvgIpc) is 3.00. The van der Waals surface area contributed by atoms with E-state index in [0.717, 1.165) is 24.1 Å². The Bertz CT molecular complexity index is 938.